The lowest BCUT2D eigenvalue weighted by atomic mass is 9.98. The SMILES string of the molecule is CNC1CCN(CCCCOC(C)C)C(C)C1. The fourth-order valence-corrected chi connectivity index (χ4v) is 2.55. The number of likely N-dealkylation sites (tertiary alicyclic amines) is 1. The second kappa shape index (κ2) is 8.06. The van der Waals surface area contributed by atoms with Crippen LogP contribution in [0.2, 0.25) is 0 Å². The molecule has 1 aliphatic heterocycles. The maximum absolute atomic E-state index is 5.56. The van der Waals surface area contributed by atoms with Crippen LogP contribution in [0.15, 0.2) is 0 Å². The van der Waals surface area contributed by atoms with Gasteiger partial charge in [-0.25, -0.2) is 0 Å². The number of hydrogen-bond donors (Lipinski definition) is 1. The van der Waals surface area contributed by atoms with Crippen LogP contribution in [0.1, 0.15) is 46.5 Å². The molecule has 1 fully saturated rings. The molecule has 0 aromatic carbocycles. The lowest BCUT2D eigenvalue weighted by Gasteiger charge is -2.37. The normalized spacial score (nSPS) is 26.6. The Morgan fingerprint density at radius 3 is 2.71 bits per heavy atom. The van der Waals surface area contributed by atoms with E-state index in [0.29, 0.717) is 6.10 Å². The Labute approximate surface area is 107 Å². The Morgan fingerprint density at radius 2 is 2.12 bits per heavy atom. The van der Waals surface area contributed by atoms with Gasteiger partial charge in [0.15, 0.2) is 0 Å². The van der Waals surface area contributed by atoms with E-state index < -0.39 is 0 Å². The quantitative estimate of drug-likeness (QED) is 0.693. The van der Waals surface area contributed by atoms with Gasteiger partial charge in [0.2, 0.25) is 0 Å². The summed E-state index contributed by atoms with van der Waals surface area (Å²) in [6.07, 6.45) is 5.42. The molecule has 0 aromatic heterocycles. The maximum atomic E-state index is 5.56. The van der Waals surface area contributed by atoms with Crippen LogP contribution in [0.3, 0.4) is 0 Å². The van der Waals surface area contributed by atoms with Crippen LogP contribution in [0.4, 0.5) is 0 Å². The number of unbranched alkanes of at least 4 members (excludes halogenated alkanes) is 1. The van der Waals surface area contributed by atoms with E-state index in [1.807, 2.05) is 0 Å². The average molecular weight is 242 g/mol. The van der Waals surface area contributed by atoms with Crippen molar-refractivity contribution in [1.82, 2.24) is 10.2 Å². The molecular weight excluding hydrogens is 212 g/mol. The Balaban J connectivity index is 2.07. The molecule has 0 spiro atoms. The molecule has 17 heavy (non-hydrogen) atoms. The van der Waals surface area contributed by atoms with Gasteiger partial charge in [0.1, 0.15) is 0 Å². The number of nitrogens with zero attached hydrogens (tertiary/aromatic N) is 1. The first-order valence-electron chi connectivity index (χ1n) is 7.16. The highest BCUT2D eigenvalue weighted by molar-refractivity contribution is 4.81. The van der Waals surface area contributed by atoms with Crippen molar-refractivity contribution in [3.63, 3.8) is 0 Å². The van der Waals surface area contributed by atoms with Crippen LogP contribution in [0.25, 0.3) is 0 Å². The molecule has 1 aliphatic rings. The van der Waals surface area contributed by atoms with Gasteiger partial charge in [-0.05, 0) is 66.6 Å². The van der Waals surface area contributed by atoms with Crippen LogP contribution in [-0.4, -0.2) is 49.8 Å². The monoisotopic (exact) mass is 242 g/mol. The third kappa shape index (κ3) is 5.84. The first-order valence-corrected chi connectivity index (χ1v) is 7.16. The van der Waals surface area contributed by atoms with Crippen molar-refractivity contribution in [3.05, 3.63) is 0 Å². The smallest absolute Gasteiger partial charge is 0.0518 e. The van der Waals surface area contributed by atoms with E-state index in [-0.39, 0.29) is 0 Å². The Bertz CT molecular complexity index is 197. The van der Waals surface area contributed by atoms with Crippen LogP contribution in [0.5, 0.6) is 0 Å². The zero-order valence-electron chi connectivity index (χ0n) is 12.0. The van der Waals surface area contributed by atoms with Crippen molar-refractivity contribution in [2.75, 3.05) is 26.7 Å². The fraction of sp³-hybridized carbons (Fsp3) is 1.00. The third-order valence-corrected chi connectivity index (χ3v) is 3.71. The van der Waals surface area contributed by atoms with E-state index in [4.69, 9.17) is 4.74 Å². The minimum atomic E-state index is 0.375. The maximum Gasteiger partial charge on any atom is 0.0518 e. The molecule has 3 heteroatoms. The highest BCUT2D eigenvalue weighted by atomic mass is 16.5. The lowest BCUT2D eigenvalue weighted by molar-refractivity contribution is 0.0708. The van der Waals surface area contributed by atoms with Crippen LogP contribution < -0.4 is 5.32 Å². The number of ether oxygens (including phenoxy) is 1. The van der Waals surface area contributed by atoms with Crippen LogP contribution >= 0.6 is 0 Å². The van der Waals surface area contributed by atoms with Crippen LogP contribution in [-0.2, 0) is 4.74 Å². The molecule has 1 heterocycles. The molecule has 3 nitrogen and oxygen atoms in total. The van der Waals surface area contributed by atoms with Crippen molar-refractivity contribution in [3.8, 4) is 0 Å². The topological polar surface area (TPSA) is 24.5 Å². The molecule has 0 bridgehead atoms. The molecule has 0 aliphatic carbocycles. The lowest BCUT2D eigenvalue weighted by Crippen LogP contribution is -2.46. The standard InChI is InChI=1S/C14H30N2O/c1-12(2)17-10-6-5-8-16-9-7-14(15-4)11-13(16)3/h12-15H,5-11H2,1-4H3. The Kier molecular flexibility index (Phi) is 7.09. The van der Waals surface area contributed by atoms with Gasteiger partial charge in [-0.3, -0.25) is 0 Å². The van der Waals surface area contributed by atoms with Gasteiger partial charge in [0, 0.05) is 18.7 Å². The largest absolute Gasteiger partial charge is 0.379 e. The fourth-order valence-electron chi connectivity index (χ4n) is 2.55. The summed E-state index contributed by atoms with van der Waals surface area (Å²) in [4.78, 5) is 2.63. The average Bonchev–Trinajstić information content (AvgIpc) is 2.30. The van der Waals surface area contributed by atoms with Gasteiger partial charge in [-0.2, -0.15) is 0 Å². The van der Waals surface area contributed by atoms with Gasteiger partial charge in [0.25, 0.3) is 0 Å². The summed E-state index contributed by atoms with van der Waals surface area (Å²) in [5, 5.41) is 3.40. The number of nitrogens with one attached hydrogen (secondary N) is 1. The minimum Gasteiger partial charge on any atom is -0.379 e. The van der Waals surface area contributed by atoms with Gasteiger partial charge in [-0.15, -0.1) is 0 Å². The molecule has 1 rings (SSSR count). The Hall–Kier alpha value is -0.120. The summed E-state index contributed by atoms with van der Waals surface area (Å²) < 4.78 is 5.56. The predicted octanol–water partition coefficient (Wildman–Crippen LogP) is 2.26. The van der Waals surface area contributed by atoms with E-state index >= 15 is 0 Å². The van der Waals surface area contributed by atoms with E-state index in [9.17, 15) is 0 Å². The van der Waals surface area contributed by atoms with Gasteiger partial charge in [0.05, 0.1) is 6.10 Å². The second-order valence-electron chi connectivity index (χ2n) is 5.52. The van der Waals surface area contributed by atoms with Crippen molar-refractivity contribution in [1.29, 1.82) is 0 Å². The molecule has 102 valence electrons. The predicted molar refractivity (Wildman–Crippen MR) is 73.4 cm³/mol. The molecule has 0 radical (unpaired) electrons. The Morgan fingerprint density at radius 1 is 1.35 bits per heavy atom. The van der Waals surface area contributed by atoms with Crippen molar-refractivity contribution < 1.29 is 4.74 Å². The first kappa shape index (κ1) is 14.9. The van der Waals surface area contributed by atoms with Crippen molar-refractivity contribution in [2.24, 2.45) is 0 Å². The van der Waals surface area contributed by atoms with Gasteiger partial charge in [-0.1, -0.05) is 0 Å². The summed E-state index contributed by atoms with van der Waals surface area (Å²) in [5.74, 6) is 0. The molecular formula is C14H30N2O. The summed E-state index contributed by atoms with van der Waals surface area (Å²) in [6, 6.07) is 1.46. The highest BCUT2D eigenvalue weighted by Crippen LogP contribution is 2.17. The second-order valence-corrected chi connectivity index (χ2v) is 5.52. The number of hydrogen-bond acceptors (Lipinski definition) is 3. The van der Waals surface area contributed by atoms with E-state index in [2.05, 4.69) is 38.0 Å². The zero-order chi connectivity index (χ0) is 12.7. The highest BCUT2D eigenvalue weighted by Gasteiger charge is 2.23. The first-order chi connectivity index (χ1) is 8.13. The molecule has 1 saturated heterocycles. The van der Waals surface area contributed by atoms with E-state index in [0.717, 1.165) is 18.7 Å². The van der Waals surface area contributed by atoms with Crippen LogP contribution in [0, 0.1) is 0 Å². The summed E-state index contributed by atoms with van der Waals surface area (Å²) in [5.41, 5.74) is 0. The van der Waals surface area contributed by atoms with Crippen molar-refractivity contribution in [2.45, 2.75) is 64.6 Å². The molecule has 2 unspecified atom stereocenters. The molecule has 2 atom stereocenters. The molecule has 1 N–H and O–H groups in total. The van der Waals surface area contributed by atoms with Gasteiger partial charge < -0.3 is 15.0 Å². The third-order valence-electron chi connectivity index (χ3n) is 3.71. The summed E-state index contributed by atoms with van der Waals surface area (Å²) >= 11 is 0. The minimum absolute atomic E-state index is 0.375. The van der Waals surface area contributed by atoms with E-state index in [1.165, 1.54) is 38.8 Å². The van der Waals surface area contributed by atoms with Gasteiger partial charge >= 0.3 is 0 Å². The molecule has 0 amide bonds. The summed E-state index contributed by atoms with van der Waals surface area (Å²) in [6.45, 7) is 9.96. The zero-order valence-corrected chi connectivity index (χ0v) is 12.0. The molecule has 0 aromatic rings. The number of piperidine rings is 1. The van der Waals surface area contributed by atoms with E-state index in [1.54, 1.807) is 0 Å². The van der Waals surface area contributed by atoms with Crippen molar-refractivity contribution >= 4 is 0 Å². The molecule has 0 saturated carbocycles. The number of rotatable bonds is 7. The summed E-state index contributed by atoms with van der Waals surface area (Å²) in [7, 11) is 2.08.